The van der Waals surface area contributed by atoms with Crippen LogP contribution >= 0.6 is 0 Å². The lowest BCUT2D eigenvalue weighted by molar-refractivity contribution is -0.152. The van der Waals surface area contributed by atoms with E-state index in [-0.39, 0.29) is 5.41 Å². The molecule has 0 radical (unpaired) electrons. The van der Waals surface area contributed by atoms with Crippen LogP contribution in [0.1, 0.15) is 47.5 Å². The van der Waals surface area contributed by atoms with Crippen LogP contribution in [-0.4, -0.2) is 5.78 Å². The molecule has 0 aromatic rings. The zero-order chi connectivity index (χ0) is 9.57. The van der Waals surface area contributed by atoms with Crippen LogP contribution in [0.25, 0.3) is 0 Å². The number of Topliss-reactive ketones (excluding diaryl/α,β-unsaturated/α-hetero) is 1. The molecule has 0 spiro atoms. The van der Waals surface area contributed by atoms with E-state index in [1.54, 1.807) is 0 Å². The van der Waals surface area contributed by atoms with Gasteiger partial charge in [-0.25, -0.2) is 0 Å². The SMILES string of the molecule is CCC1(C)C(=O)CC1C(C)(C)C. The Morgan fingerprint density at radius 3 is 2.17 bits per heavy atom. The second kappa shape index (κ2) is 2.58. The fraction of sp³-hybridized carbons (Fsp3) is 0.909. The minimum Gasteiger partial charge on any atom is -0.299 e. The monoisotopic (exact) mass is 168 g/mol. The topological polar surface area (TPSA) is 17.1 Å². The molecule has 2 atom stereocenters. The number of carbonyl (C=O) groups excluding carboxylic acids is 1. The summed E-state index contributed by atoms with van der Waals surface area (Å²) in [5.41, 5.74) is 0.275. The van der Waals surface area contributed by atoms with Crippen molar-refractivity contribution in [3.63, 3.8) is 0 Å². The van der Waals surface area contributed by atoms with E-state index in [4.69, 9.17) is 0 Å². The molecule has 12 heavy (non-hydrogen) atoms. The molecule has 1 saturated carbocycles. The minimum atomic E-state index is -0.0156. The third-order valence-corrected chi connectivity index (χ3v) is 3.58. The number of hydrogen-bond acceptors (Lipinski definition) is 1. The zero-order valence-electron chi connectivity index (χ0n) is 8.90. The first kappa shape index (κ1) is 9.76. The van der Waals surface area contributed by atoms with Crippen molar-refractivity contribution in [2.45, 2.75) is 47.5 Å². The van der Waals surface area contributed by atoms with Gasteiger partial charge in [-0.2, -0.15) is 0 Å². The van der Waals surface area contributed by atoms with E-state index in [1.807, 2.05) is 0 Å². The molecule has 1 nitrogen and oxygen atoms in total. The molecule has 0 bridgehead atoms. The molecular weight excluding hydrogens is 148 g/mol. The smallest absolute Gasteiger partial charge is 0.139 e. The molecule has 1 fully saturated rings. The first-order chi connectivity index (χ1) is 5.32. The zero-order valence-corrected chi connectivity index (χ0v) is 8.90. The summed E-state index contributed by atoms with van der Waals surface area (Å²) in [6, 6.07) is 0. The fourth-order valence-electron chi connectivity index (χ4n) is 2.41. The van der Waals surface area contributed by atoms with Gasteiger partial charge in [0.1, 0.15) is 5.78 Å². The molecule has 70 valence electrons. The van der Waals surface area contributed by atoms with Crippen LogP contribution in [0.4, 0.5) is 0 Å². The van der Waals surface area contributed by atoms with Crippen LogP contribution in [0.2, 0.25) is 0 Å². The predicted molar refractivity (Wildman–Crippen MR) is 51.0 cm³/mol. The molecule has 0 aromatic heterocycles. The van der Waals surface area contributed by atoms with E-state index in [1.165, 1.54) is 0 Å². The molecular formula is C11H20O. The molecule has 0 aliphatic heterocycles. The molecule has 0 amide bonds. The lowest BCUT2D eigenvalue weighted by Gasteiger charge is -2.51. The normalized spacial score (nSPS) is 36.4. The van der Waals surface area contributed by atoms with Crippen molar-refractivity contribution in [2.24, 2.45) is 16.7 Å². The van der Waals surface area contributed by atoms with Crippen molar-refractivity contribution in [3.8, 4) is 0 Å². The lowest BCUT2D eigenvalue weighted by Crippen LogP contribution is -2.52. The molecule has 0 N–H and O–H groups in total. The van der Waals surface area contributed by atoms with Crippen LogP contribution in [0.3, 0.4) is 0 Å². The highest BCUT2D eigenvalue weighted by atomic mass is 16.1. The Hall–Kier alpha value is -0.330. The maximum atomic E-state index is 11.4. The summed E-state index contributed by atoms with van der Waals surface area (Å²) in [5, 5.41) is 0. The van der Waals surface area contributed by atoms with E-state index < -0.39 is 0 Å². The van der Waals surface area contributed by atoms with Gasteiger partial charge in [-0.15, -0.1) is 0 Å². The Morgan fingerprint density at radius 1 is 1.50 bits per heavy atom. The van der Waals surface area contributed by atoms with E-state index in [0.29, 0.717) is 17.1 Å². The van der Waals surface area contributed by atoms with E-state index in [2.05, 4.69) is 34.6 Å². The summed E-state index contributed by atoms with van der Waals surface area (Å²) in [6.07, 6.45) is 1.79. The fourth-order valence-corrected chi connectivity index (χ4v) is 2.41. The van der Waals surface area contributed by atoms with Crippen molar-refractivity contribution in [1.82, 2.24) is 0 Å². The highest BCUT2D eigenvalue weighted by molar-refractivity contribution is 5.91. The molecule has 0 saturated heterocycles. The van der Waals surface area contributed by atoms with E-state index in [9.17, 15) is 4.79 Å². The number of carbonyl (C=O) groups is 1. The summed E-state index contributed by atoms with van der Waals surface area (Å²) in [5.74, 6) is 1.05. The van der Waals surface area contributed by atoms with Crippen molar-refractivity contribution in [3.05, 3.63) is 0 Å². The third kappa shape index (κ3) is 1.19. The van der Waals surface area contributed by atoms with Gasteiger partial charge in [0.15, 0.2) is 0 Å². The minimum absolute atomic E-state index is 0.0156. The van der Waals surface area contributed by atoms with E-state index in [0.717, 1.165) is 12.8 Å². The van der Waals surface area contributed by atoms with Crippen LogP contribution in [-0.2, 0) is 4.79 Å². The van der Waals surface area contributed by atoms with E-state index >= 15 is 0 Å². The molecule has 1 aliphatic rings. The maximum absolute atomic E-state index is 11.4. The molecule has 0 aromatic carbocycles. The van der Waals surface area contributed by atoms with Crippen LogP contribution in [0.5, 0.6) is 0 Å². The van der Waals surface area contributed by atoms with Gasteiger partial charge < -0.3 is 0 Å². The molecule has 2 unspecified atom stereocenters. The van der Waals surface area contributed by atoms with Gasteiger partial charge in [0, 0.05) is 11.8 Å². The highest BCUT2D eigenvalue weighted by Crippen LogP contribution is 2.53. The van der Waals surface area contributed by atoms with Gasteiger partial charge in [-0.3, -0.25) is 4.79 Å². The van der Waals surface area contributed by atoms with Gasteiger partial charge in [0.2, 0.25) is 0 Å². The summed E-state index contributed by atoms with van der Waals surface area (Å²) in [7, 11) is 0. The van der Waals surface area contributed by atoms with Gasteiger partial charge in [-0.1, -0.05) is 34.6 Å². The van der Waals surface area contributed by atoms with Crippen LogP contribution in [0, 0.1) is 16.7 Å². The summed E-state index contributed by atoms with van der Waals surface area (Å²) in [4.78, 5) is 11.4. The standard InChI is InChI=1S/C11H20O/c1-6-11(5)8(7-9(11)12)10(2,3)4/h8H,6-7H2,1-5H3. The summed E-state index contributed by atoms with van der Waals surface area (Å²) in [6.45, 7) is 10.9. The predicted octanol–water partition coefficient (Wildman–Crippen LogP) is 3.04. The molecule has 0 heterocycles. The average Bonchev–Trinajstić information content (AvgIpc) is 1.96. The highest BCUT2D eigenvalue weighted by Gasteiger charge is 2.53. The third-order valence-electron chi connectivity index (χ3n) is 3.58. The van der Waals surface area contributed by atoms with Crippen molar-refractivity contribution in [1.29, 1.82) is 0 Å². The van der Waals surface area contributed by atoms with Crippen LogP contribution in [0.15, 0.2) is 0 Å². The van der Waals surface area contributed by atoms with Gasteiger partial charge in [0.25, 0.3) is 0 Å². The Bertz CT molecular complexity index is 200. The van der Waals surface area contributed by atoms with Crippen molar-refractivity contribution in [2.75, 3.05) is 0 Å². The molecule has 1 rings (SSSR count). The molecule has 1 heteroatoms. The van der Waals surface area contributed by atoms with Crippen molar-refractivity contribution >= 4 is 5.78 Å². The number of ketones is 1. The van der Waals surface area contributed by atoms with Gasteiger partial charge in [0.05, 0.1) is 0 Å². The largest absolute Gasteiger partial charge is 0.299 e. The Kier molecular flexibility index (Phi) is 2.10. The van der Waals surface area contributed by atoms with Gasteiger partial charge in [-0.05, 0) is 17.8 Å². The quantitative estimate of drug-likeness (QED) is 0.588. The van der Waals surface area contributed by atoms with Gasteiger partial charge >= 0.3 is 0 Å². The summed E-state index contributed by atoms with van der Waals surface area (Å²) >= 11 is 0. The molecule has 1 aliphatic carbocycles. The number of hydrogen-bond donors (Lipinski definition) is 0. The van der Waals surface area contributed by atoms with Crippen LogP contribution < -0.4 is 0 Å². The second-order valence-electron chi connectivity index (χ2n) is 5.32. The maximum Gasteiger partial charge on any atom is 0.139 e. The Labute approximate surface area is 75.5 Å². The Morgan fingerprint density at radius 2 is 2.00 bits per heavy atom. The lowest BCUT2D eigenvalue weighted by atomic mass is 9.51. The first-order valence-corrected chi connectivity index (χ1v) is 4.85. The first-order valence-electron chi connectivity index (χ1n) is 4.85. The summed E-state index contributed by atoms with van der Waals surface area (Å²) < 4.78 is 0. The second-order valence-corrected chi connectivity index (χ2v) is 5.32. The number of rotatable bonds is 1. The average molecular weight is 168 g/mol. The Balaban J connectivity index is 2.80. The van der Waals surface area contributed by atoms with Crippen molar-refractivity contribution < 1.29 is 4.79 Å².